The monoisotopic (exact) mass is 439 g/mol. The van der Waals surface area contributed by atoms with Crippen molar-refractivity contribution in [2.45, 2.75) is 38.1 Å². The molecule has 0 N–H and O–H groups in total. The van der Waals surface area contributed by atoms with E-state index in [9.17, 15) is 9.59 Å². The van der Waals surface area contributed by atoms with E-state index in [1.54, 1.807) is 34.4 Å². The predicted octanol–water partition coefficient (Wildman–Crippen LogP) is 5.44. The highest BCUT2D eigenvalue weighted by Gasteiger charge is 2.32. The SMILES string of the molecule is O=C1CCCN1c1cc(C(=O)N2CCCC[C@H]2c2nc3ccccc3s2)ccc1Cl. The molecule has 2 saturated heterocycles. The van der Waals surface area contributed by atoms with Gasteiger partial charge in [0.2, 0.25) is 5.91 Å². The Kier molecular flexibility index (Phi) is 5.21. The minimum atomic E-state index is -0.0245. The lowest BCUT2D eigenvalue weighted by Gasteiger charge is -2.34. The first-order valence-electron chi connectivity index (χ1n) is 10.4. The molecule has 3 heterocycles. The lowest BCUT2D eigenvalue weighted by molar-refractivity contribution is -0.117. The average molecular weight is 440 g/mol. The second kappa shape index (κ2) is 8.00. The van der Waals surface area contributed by atoms with Crippen LogP contribution < -0.4 is 4.90 Å². The van der Waals surface area contributed by atoms with Crippen molar-refractivity contribution in [2.75, 3.05) is 18.0 Å². The van der Waals surface area contributed by atoms with Crippen LogP contribution in [0.2, 0.25) is 5.02 Å². The highest BCUT2D eigenvalue weighted by Crippen LogP contribution is 2.37. The van der Waals surface area contributed by atoms with Gasteiger partial charge in [-0.15, -0.1) is 11.3 Å². The van der Waals surface area contributed by atoms with Crippen LogP contribution in [0.5, 0.6) is 0 Å². The molecular formula is C23H22ClN3O2S. The van der Waals surface area contributed by atoms with Crippen LogP contribution in [0.25, 0.3) is 10.2 Å². The molecular weight excluding hydrogens is 418 g/mol. The zero-order valence-electron chi connectivity index (χ0n) is 16.5. The summed E-state index contributed by atoms with van der Waals surface area (Å²) in [6.45, 7) is 1.36. The molecule has 0 radical (unpaired) electrons. The van der Waals surface area contributed by atoms with E-state index in [-0.39, 0.29) is 17.9 Å². The van der Waals surface area contributed by atoms with Crippen molar-refractivity contribution in [3.8, 4) is 0 Å². The highest BCUT2D eigenvalue weighted by molar-refractivity contribution is 7.18. The van der Waals surface area contributed by atoms with Gasteiger partial charge in [0.15, 0.2) is 0 Å². The number of carbonyl (C=O) groups is 2. The van der Waals surface area contributed by atoms with E-state index >= 15 is 0 Å². The van der Waals surface area contributed by atoms with Crippen molar-refractivity contribution in [3.05, 3.63) is 58.1 Å². The first-order valence-corrected chi connectivity index (χ1v) is 11.6. The third-order valence-electron chi connectivity index (χ3n) is 5.92. The summed E-state index contributed by atoms with van der Waals surface area (Å²) >= 11 is 8.04. The smallest absolute Gasteiger partial charge is 0.254 e. The van der Waals surface area contributed by atoms with Crippen LogP contribution in [0.3, 0.4) is 0 Å². The van der Waals surface area contributed by atoms with E-state index in [1.165, 1.54) is 0 Å². The standard InChI is InChI=1S/C23H22ClN3O2S/c24-16-11-10-15(14-19(16)26-13-5-9-21(26)28)23(29)27-12-4-3-7-18(27)22-25-17-6-1-2-8-20(17)30-22/h1-2,6,8,10-11,14,18H,3-5,7,9,12-13H2/t18-/m0/s1. The fourth-order valence-corrected chi connectivity index (χ4v) is 5.72. The van der Waals surface area contributed by atoms with Gasteiger partial charge in [0.05, 0.1) is 27.0 Å². The number of carbonyl (C=O) groups excluding carboxylic acids is 2. The van der Waals surface area contributed by atoms with Gasteiger partial charge in [0.25, 0.3) is 5.91 Å². The Balaban J connectivity index is 1.47. The molecule has 0 spiro atoms. The Hall–Kier alpha value is -2.44. The van der Waals surface area contributed by atoms with Gasteiger partial charge >= 0.3 is 0 Å². The predicted molar refractivity (Wildman–Crippen MR) is 120 cm³/mol. The maximum atomic E-state index is 13.5. The summed E-state index contributed by atoms with van der Waals surface area (Å²) in [4.78, 5) is 34.2. The number of para-hydroxylation sites is 1. The van der Waals surface area contributed by atoms with Crippen molar-refractivity contribution in [1.29, 1.82) is 0 Å². The Labute approximate surface area is 184 Å². The van der Waals surface area contributed by atoms with Crippen LogP contribution in [0.1, 0.15) is 53.5 Å². The molecule has 1 aromatic heterocycles. The number of piperidine rings is 1. The number of likely N-dealkylation sites (tertiary alicyclic amines) is 1. The van der Waals surface area contributed by atoms with Crippen molar-refractivity contribution in [2.24, 2.45) is 0 Å². The lowest BCUT2D eigenvalue weighted by atomic mass is 10.0. The van der Waals surface area contributed by atoms with E-state index in [1.807, 2.05) is 23.1 Å². The fraction of sp³-hybridized carbons (Fsp3) is 0.348. The summed E-state index contributed by atoms with van der Waals surface area (Å²) in [5, 5.41) is 1.50. The molecule has 2 fully saturated rings. The molecule has 3 aromatic rings. The van der Waals surface area contributed by atoms with Crippen molar-refractivity contribution in [1.82, 2.24) is 9.88 Å². The summed E-state index contributed by atoms with van der Waals surface area (Å²) in [5.41, 5.74) is 2.19. The molecule has 2 aromatic carbocycles. The molecule has 2 aliphatic rings. The third-order valence-corrected chi connectivity index (χ3v) is 7.37. The van der Waals surface area contributed by atoms with Gasteiger partial charge in [0.1, 0.15) is 5.01 Å². The zero-order valence-corrected chi connectivity index (χ0v) is 18.1. The second-order valence-electron chi connectivity index (χ2n) is 7.85. The van der Waals surface area contributed by atoms with Crippen LogP contribution in [-0.2, 0) is 4.79 Å². The first kappa shape index (κ1) is 19.5. The van der Waals surface area contributed by atoms with Crippen molar-refractivity contribution >= 4 is 50.7 Å². The average Bonchev–Trinajstić information content (AvgIpc) is 3.39. The number of nitrogens with zero attached hydrogens (tertiary/aromatic N) is 3. The van der Waals surface area contributed by atoms with Gasteiger partial charge in [0, 0.05) is 25.1 Å². The van der Waals surface area contributed by atoms with Crippen LogP contribution in [-0.4, -0.2) is 34.8 Å². The number of amides is 2. The number of benzene rings is 2. The van der Waals surface area contributed by atoms with E-state index in [0.29, 0.717) is 35.8 Å². The van der Waals surface area contributed by atoms with Gasteiger partial charge < -0.3 is 9.80 Å². The van der Waals surface area contributed by atoms with Gasteiger partial charge in [-0.2, -0.15) is 0 Å². The van der Waals surface area contributed by atoms with E-state index in [2.05, 4.69) is 6.07 Å². The van der Waals surface area contributed by atoms with Crippen molar-refractivity contribution in [3.63, 3.8) is 0 Å². The van der Waals surface area contributed by atoms with Gasteiger partial charge in [-0.05, 0) is 56.0 Å². The van der Waals surface area contributed by atoms with E-state index < -0.39 is 0 Å². The molecule has 30 heavy (non-hydrogen) atoms. The Morgan fingerprint density at radius 3 is 2.77 bits per heavy atom. The number of rotatable bonds is 3. The van der Waals surface area contributed by atoms with Gasteiger partial charge in [-0.25, -0.2) is 4.98 Å². The molecule has 0 bridgehead atoms. The quantitative estimate of drug-likeness (QED) is 0.545. The molecule has 2 amide bonds. The van der Waals surface area contributed by atoms with Gasteiger partial charge in [-0.3, -0.25) is 9.59 Å². The second-order valence-corrected chi connectivity index (χ2v) is 9.31. The number of hydrogen-bond donors (Lipinski definition) is 0. The summed E-state index contributed by atoms with van der Waals surface area (Å²) in [5.74, 6) is 0.0374. The molecule has 1 atom stereocenters. The van der Waals surface area contributed by atoms with Crippen LogP contribution in [0.15, 0.2) is 42.5 Å². The maximum absolute atomic E-state index is 13.5. The first-order chi connectivity index (χ1) is 14.6. The zero-order chi connectivity index (χ0) is 20.7. The van der Waals surface area contributed by atoms with Crippen LogP contribution in [0, 0.1) is 0 Å². The number of halogens is 1. The lowest BCUT2D eigenvalue weighted by Crippen LogP contribution is -2.38. The number of fused-ring (bicyclic) bond motifs is 1. The molecule has 0 aliphatic carbocycles. The molecule has 5 nitrogen and oxygen atoms in total. The van der Waals surface area contributed by atoms with Crippen molar-refractivity contribution < 1.29 is 9.59 Å². The van der Waals surface area contributed by atoms with Gasteiger partial charge in [-0.1, -0.05) is 23.7 Å². The number of aromatic nitrogens is 1. The Morgan fingerprint density at radius 2 is 1.97 bits per heavy atom. The Morgan fingerprint density at radius 1 is 1.10 bits per heavy atom. The molecule has 5 rings (SSSR count). The minimum Gasteiger partial charge on any atom is -0.329 e. The topological polar surface area (TPSA) is 53.5 Å². The summed E-state index contributed by atoms with van der Waals surface area (Å²) < 4.78 is 1.15. The van der Waals surface area contributed by atoms with Crippen LogP contribution >= 0.6 is 22.9 Å². The third kappa shape index (κ3) is 3.48. The molecule has 7 heteroatoms. The molecule has 2 aliphatic heterocycles. The van der Waals surface area contributed by atoms with Crippen LogP contribution in [0.4, 0.5) is 5.69 Å². The largest absolute Gasteiger partial charge is 0.329 e. The summed E-state index contributed by atoms with van der Waals surface area (Å²) in [6, 6.07) is 13.3. The minimum absolute atomic E-state index is 0.0174. The summed E-state index contributed by atoms with van der Waals surface area (Å²) in [7, 11) is 0. The van der Waals surface area contributed by atoms with E-state index in [0.717, 1.165) is 40.9 Å². The Bertz CT molecular complexity index is 1100. The fourth-order valence-electron chi connectivity index (χ4n) is 4.39. The highest BCUT2D eigenvalue weighted by atomic mass is 35.5. The summed E-state index contributed by atoms with van der Waals surface area (Å²) in [6.07, 6.45) is 4.33. The molecule has 0 saturated carbocycles. The molecule has 154 valence electrons. The number of thiazole rings is 1. The maximum Gasteiger partial charge on any atom is 0.254 e. The normalized spacial score (nSPS) is 19.6. The number of hydrogen-bond acceptors (Lipinski definition) is 4. The van der Waals surface area contributed by atoms with E-state index in [4.69, 9.17) is 16.6 Å². The number of anilines is 1. The molecule has 0 unspecified atom stereocenters.